The number of nitrogens with one attached hydrogen (secondary N) is 1. The molecule has 1 unspecified atom stereocenters. The lowest BCUT2D eigenvalue weighted by Gasteiger charge is -2.25. The molecule has 0 fully saturated rings. The van der Waals surface area contributed by atoms with E-state index in [2.05, 4.69) is 5.32 Å². The Morgan fingerprint density at radius 3 is 2.55 bits per heavy atom. The highest BCUT2D eigenvalue weighted by molar-refractivity contribution is 7.89. The van der Waals surface area contributed by atoms with E-state index in [4.69, 9.17) is 5.11 Å². The molecule has 122 valence electrons. The maximum Gasteiger partial charge on any atom is 0.321 e. The number of nitrogens with zero attached hydrogens (tertiary/aromatic N) is 1. The number of carbonyl (C=O) groups excluding carboxylic acids is 1. The number of amides is 1. The lowest BCUT2D eigenvalue weighted by molar-refractivity contribution is -0.140. The van der Waals surface area contributed by atoms with Crippen molar-refractivity contribution in [2.75, 3.05) is 13.1 Å². The number of hydrogen-bond acceptors (Lipinski definition) is 4. The van der Waals surface area contributed by atoms with Crippen LogP contribution >= 0.6 is 0 Å². The molecule has 0 aliphatic rings. The van der Waals surface area contributed by atoms with Crippen molar-refractivity contribution >= 4 is 21.9 Å². The van der Waals surface area contributed by atoms with Crippen LogP contribution in [0.25, 0.3) is 0 Å². The Hall–Kier alpha value is -2.00. The summed E-state index contributed by atoms with van der Waals surface area (Å²) in [6.45, 7) is 2.16. The lowest BCUT2D eigenvalue weighted by atomic mass is 10.3. The summed E-state index contributed by atoms with van der Waals surface area (Å²) in [6, 6.07) is 2.94. The fraction of sp³-hybridized carbons (Fsp3) is 0.385. The Morgan fingerprint density at radius 2 is 2.05 bits per heavy atom. The monoisotopic (exact) mass is 332 g/mol. The van der Waals surface area contributed by atoms with Crippen molar-refractivity contribution in [2.24, 2.45) is 0 Å². The second-order valence-corrected chi connectivity index (χ2v) is 6.46. The van der Waals surface area contributed by atoms with Gasteiger partial charge in [0.25, 0.3) is 0 Å². The largest absolute Gasteiger partial charge is 0.480 e. The molecule has 1 aromatic carbocycles. The Kier molecular flexibility index (Phi) is 6.01. The Morgan fingerprint density at radius 1 is 1.41 bits per heavy atom. The molecule has 1 amide bonds. The third-order valence-electron chi connectivity index (χ3n) is 2.90. The number of carboxylic acids is 1. The molecule has 0 saturated carbocycles. The SMILES string of the molecule is CC(=O)NCCN(C(C)C(=O)O)S(=O)(=O)c1cccc(F)c1. The lowest BCUT2D eigenvalue weighted by Crippen LogP contribution is -2.46. The van der Waals surface area contributed by atoms with Gasteiger partial charge in [0.2, 0.25) is 15.9 Å². The van der Waals surface area contributed by atoms with Gasteiger partial charge in [-0.2, -0.15) is 4.31 Å². The van der Waals surface area contributed by atoms with Gasteiger partial charge in [0.05, 0.1) is 4.90 Å². The molecule has 7 nitrogen and oxygen atoms in total. The van der Waals surface area contributed by atoms with Crippen LogP contribution in [0.3, 0.4) is 0 Å². The summed E-state index contributed by atoms with van der Waals surface area (Å²) in [5.41, 5.74) is 0. The summed E-state index contributed by atoms with van der Waals surface area (Å²) < 4.78 is 38.9. The highest BCUT2D eigenvalue weighted by Gasteiger charge is 2.32. The Balaban J connectivity index is 3.12. The average molecular weight is 332 g/mol. The zero-order chi connectivity index (χ0) is 16.9. The molecule has 0 spiro atoms. The van der Waals surface area contributed by atoms with Crippen molar-refractivity contribution in [1.29, 1.82) is 0 Å². The van der Waals surface area contributed by atoms with Crippen LogP contribution in [0.2, 0.25) is 0 Å². The van der Waals surface area contributed by atoms with E-state index in [1.807, 2.05) is 0 Å². The van der Waals surface area contributed by atoms with Crippen LogP contribution in [0.4, 0.5) is 4.39 Å². The van der Waals surface area contributed by atoms with E-state index in [-0.39, 0.29) is 23.9 Å². The van der Waals surface area contributed by atoms with Crippen molar-refractivity contribution in [3.63, 3.8) is 0 Å². The smallest absolute Gasteiger partial charge is 0.321 e. The molecule has 1 aromatic rings. The average Bonchev–Trinajstić information content (AvgIpc) is 2.42. The fourth-order valence-electron chi connectivity index (χ4n) is 1.75. The number of rotatable bonds is 7. The van der Waals surface area contributed by atoms with Crippen LogP contribution in [0.5, 0.6) is 0 Å². The van der Waals surface area contributed by atoms with Crippen molar-refractivity contribution in [3.8, 4) is 0 Å². The number of halogens is 1. The quantitative estimate of drug-likeness (QED) is 0.753. The molecule has 2 N–H and O–H groups in total. The van der Waals surface area contributed by atoms with Gasteiger partial charge < -0.3 is 10.4 Å². The second-order valence-electron chi connectivity index (χ2n) is 4.57. The highest BCUT2D eigenvalue weighted by Crippen LogP contribution is 2.19. The van der Waals surface area contributed by atoms with Gasteiger partial charge in [-0.25, -0.2) is 12.8 Å². The van der Waals surface area contributed by atoms with Gasteiger partial charge in [0.15, 0.2) is 0 Å². The highest BCUT2D eigenvalue weighted by atomic mass is 32.2. The maximum atomic E-state index is 13.2. The Labute approximate surface area is 127 Å². The molecular formula is C13H17FN2O5S. The van der Waals surface area contributed by atoms with E-state index in [0.717, 1.165) is 12.1 Å². The van der Waals surface area contributed by atoms with Gasteiger partial charge in [0.1, 0.15) is 11.9 Å². The third kappa shape index (κ3) is 4.50. The van der Waals surface area contributed by atoms with E-state index < -0.39 is 27.9 Å². The molecule has 0 radical (unpaired) electrons. The van der Waals surface area contributed by atoms with Crippen LogP contribution in [-0.4, -0.2) is 48.8 Å². The predicted octanol–water partition coefficient (Wildman–Crippen LogP) is 0.426. The minimum Gasteiger partial charge on any atom is -0.480 e. The van der Waals surface area contributed by atoms with Crippen LogP contribution in [0, 0.1) is 5.82 Å². The second kappa shape index (κ2) is 7.32. The van der Waals surface area contributed by atoms with Gasteiger partial charge in [-0.05, 0) is 25.1 Å². The van der Waals surface area contributed by atoms with Crippen molar-refractivity contribution < 1.29 is 27.5 Å². The number of carboxylic acid groups (broad SMARTS) is 1. The van der Waals surface area contributed by atoms with Crippen LogP contribution in [0.15, 0.2) is 29.2 Å². The number of aliphatic carboxylic acids is 1. The number of hydrogen-bond donors (Lipinski definition) is 2. The fourth-order valence-corrected chi connectivity index (χ4v) is 3.37. The number of benzene rings is 1. The first-order valence-corrected chi connectivity index (χ1v) is 7.85. The van der Waals surface area contributed by atoms with Crippen LogP contribution in [0.1, 0.15) is 13.8 Å². The summed E-state index contributed by atoms with van der Waals surface area (Å²) >= 11 is 0. The van der Waals surface area contributed by atoms with Crippen molar-refractivity contribution in [1.82, 2.24) is 9.62 Å². The van der Waals surface area contributed by atoms with Gasteiger partial charge in [0, 0.05) is 20.0 Å². The Bertz CT molecular complexity index is 662. The summed E-state index contributed by atoms with van der Waals surface area (Å²) in [4.78, 5) is 21.6. The first-order valence-electron chi connectivity index (χ1n) is 6.41. The van der Waals surface area contributed by atoms with Gasteiger partial charge in [-0.1, -0.05) is 6.07 Å². The van der Waals surface area contributed by atoms with Crippen LogP contribution in [-0.2, 0) is 19.6 Å². The molecule has 0 bridgehead atoms. The molecule has 1 rings (SSSR count). The van der Waals surface area contributed by atoms with Gasteiger partial charge in [-0.3, -0.25) is 9.59 Å². The number of carbonyl (C=O) groups is 2. The molecule has 22 heavy (non-hydrogen) atoms. The zero-order valence-electron chi connectivity index (χ0n) is 12.1. The first kappa shape index (κ1) is 18.1. The van der Waals surface area contributed by atoms with E-state index in [0.29, 0.717) is 4.31 Å². The minimum absolute atomic E-state index is 0.0541. The van der Waals surface area contributed by atoms with E-state index in [1.54, 1.807) is 0 Å². The molecule has 0 saturated heterocycles. The molecule has 0 heterocycles. The standard InChI is InChI=1S/C13H17FN2O5S/c1-9(13(18)19)16(7-6-15-10(2)17)22(20,21)12-5-3-4-11(14)8-12/h3-5,8-9H,6-7H2,1-2H3,(H,15,17)(H,18,19). The van der Waals surface area contributed by atoms with Crippen LogP contribution < -0.4 is 5.32 Å². The summed E-state index contributed by atoms with van der Waals surface area (Å²) in [5.74, 6) is -2.46. The van der Waals surface area contributed by atoms with Gasteiger partial charge in [-0.15, -0.1) is 0 Å². The van der Waals surface area contributed by atoms with E-state index >= 15 is 0 Å². The topological polar surface area (TPSA) is 104 Å². The maximum absolute atomic E-state index is 13.2. The third-order valence-corrected chi connectivity index (χ3v) is 4.86. The van der Waals surface area contributed by atoms with Crippen molar-refractivity contribution in [3.05, 3.63) is 30.1 Å². The molecule has 0 aliphatic heterocycles. The van der Waals surface area contributed by atoms with Crippen molar-refractivity contribution in [2.45, 2.75) is 24.8 Å². The molecule has 0 aromatic heterocycles. The zero-order valence-corrected chi connectivity index (χ0v) is 12.9. The van der Waals surface area contributed by atoms with E-state index in [1.165, 1.54) is 26.0 Å². The summed E-state index contributed by atoms with van der Waals surface area (Å²) in [6.07, 6.45) is 0. The number of sulfonamides is 1. The minimum atomic E-state index is -4.20. The summed E-state index contributed by atoms with van der Waals surface area (Å²) in [7, 11) is -4.20. The van der Waals surface area contributed by atoms with Gasteiger partial charge >= 0.3 is 5.97 Å². The molecular weight excluding hydrogens is 315 g/mol. The molecule has 1 atom stereocenters. The first-order chi connectivity index (χ1) is 10.2. The summed E-state index contributed by atoms with van der Waals surface area (Å²) in [5, 5.41) is 11.5. The molecule has 9 heteroatoms. The van der Waals surface area contributed by atoms with E-state index in [9.17, 15) is 22.4 Å². The normalized spacial score (nSPS) is 12.9. The predicted molar refractivity (Wildman–Crippen MR) is 76.1 cm³/mol. The molecule has 0 aliphatic carbocycles.